The summed E-state index contributed by atoms with van der Waals surface area (Å²) in [6.45, 7) is 5.31. The number of ketones is 1. The van der Waals surface area contributed by atoms with Gasteiger partial charge in [0.05, 0.1) is 22.7 Å². The van der Waals surface area contributed by atoms with Crippen molar-refractivity contribution in [1.82, 2.24) is 24.8 Å². The minimum atomic E-state index is -4.29. The number of benzene rings is 1. The first kappa shape index (κ1) is 27.6. The summed E-state index contributed by atoms with van der Waals surface area (Å²) in [5, 5.41) is 13.0. The van der Waals surface area contributed by atoms with Gasteiger partial charge in [-0.3, -0.25) is 4.79 Å². The number of halogens is 1. The van der Waals surface area contributed by atoms with E-state index >= 15 is 4.39 Å². The summed E-state index contributed by atoms with van der Waals surface area (Å²) < 4.78 is 39.8. The average Bonchev–Trinajstić information content (AvgIpc) is 3.39. The number of fused-ring (bicyclic) bond motifs is 1. The Kier molecular flexibility index (Phi) is 7.79. The second-order valence-electron chi connectivity index (χ2n) is 9.74. The molecule has 5 rings (SSSR count). The molecule has 0 saturated carbocycles. The van der Waals surface area contributed by atoms with Gasteiger partial charge in [-0.2, -0.15) is 0 Å². The van der Waals surface area contributed by atoms with Crippen LogP contribution in [0.15, 0.2) is 49.1 Å². The second kappa shape index (κ2) is 11.3. The minimum absolute atomic E-state index is 0.125. The zero-order valence-corrected chi connectivity index (χ0v) is 23.0. The van der Waals surface area contributed by atoms with Crippen LogP contribution in [0.4, 0.5) is 15.9 Å². The number of hydrogen-bond donors (Lipinski definition) is 1. The molecule has 0 amide bonds. The smallest absolute Gasteiger partial charge is 0.225 e. The second-order valence-corrected chi connectivity index (χ2v) is 11.6. The van der Waals surface area contributed by atoms with Crippen molar-refractivity contribution in [2.45, 2.75) is 19.8 Å². The number of carbonyl (C=O) groups is 1. The molecule has 0 spiro atoms. The Bertz CT molecular complexity index is 1650. The van der Waals surface area contributed by atoms with Crippen LogP contribution in [0.25, 0.3) is 22.3 Å². The lowest BCUT2D eigenvalue weighted by molar-refractivity contribution is 0.103. The van der Waals surface area contributed by atoms with E-state index in [-0.39, 0.29) is 16.5 Å². The molecule has 0 aliphatic carbocycles. The first-order chi connectivity index (χ1) is 19.2. The lowest BCUT2D eigenvalue weighted by Gasteiger charge is -2.33. The van der Waals surface area contributed by atoms with E-state index in [0.717, 1.165) is 38.1 Å². The van der Waals surface area contributed by atoms with E-state index in [1.54, 1.807) is 19.2 Å². The Morgan fingerprint density at radius 1 is 1.12 bits per heavy atom. The average molecular weight is 567 g/mol. The molecule has 1 fully saturated rings. The number of H-pyrrole nitrogens is 1. The molecule has 210 valence electrons. The molecule has 3 aromatic heterocycles. The maximum Gasteiger partial charge on any atom is 0.225 e. The van der Waals surface area contributed by atoms with Gasteiger partial charge in [0, 0.05) is 61.2 Å². The normalized spacial score (nSPS) is 14.6. The third kappa shape index (κ3) is 5.40. The number of piperazine rings is 1. The zero-order valence-electron chi connectivity index (χ0n) is 22.2. The minimum Gasteiger partial charge on any atom is -0.744 e. The van der Waals surface area contributed by atoms with Gasteiger partial charge >= 0.3 is 0 Å². The summed E-state index contributed by atoms with van der Waals surface area (Å²) >= 11 is 0. The fourth-order valence-corrected chi connectivity index (χ4v) is 5.85. The number of aromatic amines is 1. The maximum atomic E-state index is 15.4. The number of nitrogens with zero attached hydrogens (tertiary/aromatic N) is 6. The van der Waals surface area contributed by atoms with E-state index in [9.17, 15) is 18.4 Å². The van der Waals surface area contributed by atoms with Crippen LogP contribution >= 0.6 is 0 Å². The number of nitrogens with one attached hydrogen (secondary N) is 1. The molecule has 1 aliphatic rings. The number of anilines is 2. The van der Waals surface area contributed by atoms with Crippen LogP contribution in [0.2, 0.25) is 0 Å². The summed E-state index contributed by atoms with van der Waals surface area (Å²) in [5.74, 6) is -1.54. The highest BCUT2D eigenvalue weighted by Crippen LogP contribution is 2.30. The van der Waals surface area contributed by atoms with E-state index in [1.807, 2.05) is 6.07 Å². The number of carbonyl (C=O) groups excluding carboxylic acids is 1. The standard InChI is InChI=1S/C27H29FN7O4S/c1-3-4-12-40(38,39)35(37)23-7-5-6-19(25(23)28)26(36)21-16-30-27-20(21)13-18(15-29-27)22-14-24(32-17-31-22)34-10-8-33(2)9-11-34/h5-7,13-17H,3-4,8-12H2,1-2H3,(H,29,30)/q-1. The Morgan fingerprint density at radius 2 is 1.90 bits per heavy atom. The maximum absolute atomic E-state index is 15.4. The summed E-state index contributed by atoms with van der Waals surface area (Å²) in [6.07, 6.45) is 5.34. The number of pyridine rings is 1. The molecule has 0 unspecified atom stereocenters. The lowest BCUT2D eigenvalue weighted by atomic mass is 10.0. The summed E-state index contributed by atoms with van der Waals surface area (Å²) in [6, 6.07) is 7.15. The van der Waals surface area contributed by atoms with Crippen molar-refractivity contribution in [2.24, 2.45) is 0 Å². The topological polar surface area (TPSA) is 138 Å². The molecule has 1 saturated heterocycles. The Labute approximate surface area is 231 Å². The predicted molar refractivity (Wildman–Crippen MR) is 151 cm³/mol. The van der Waals surface area contributed by atoms with Gasteiger partial charge in [-0.1, -0.05) is 19.4 Å². The van der Waals surface area contributed by atoms with Gasteiger partial charge < -0.3 is 24.5 Å². The first-order valence-electron chi connectivity index (χ1n) is 13.0. The van der Waals surface area contributed by atoms with E-state index in [0.29, 0.717) is 28.7 Å². The van der Waals surface area contributed by atoms with E-state index < -0.39 is 38.6 Å². The highest BCUT2D eigenvalue weighted by molar-refractivity contribution is 7.92. The van der Waals surface area contributed by atoms with Crippen molar-refractivity contribution in [3.63, 3.8) is 0 Å². The van der Waals surface area contributed by atoms with E-state index in [1.165, 1.54) is 24.7 Å². The fourth-order valence-electron chi connectivity index (χ4n) is 4.59. The molecular weight excluding hydrogens is 537 g/mol. The van der Waals surface area contributed by atoms with Gasteiger partial charge in [-0.15, -0.1) is 0 Å². The number of rotatable bonds is 9. The number of aromatic nitrogens is 4. The van der Waals surface area contributed by atoms with Crippen molar-refractivity contribution in [2.75, 3.05) is 48.3 Å². The van der Waals surface area contributed by atoms with Crippen LogP contribution in [-0.2, 0) is 10.0 Å². The van der Waals surface area contributed by atoms with Gasteiger partial charge in [0.2, 0.25) is 10.0 Å². The molecule has 1 aliphatic heterocycles. The van der Waals surface area contributed by atoms with Crippen LogP contribution in [0.5, 0.6) is 0 Å². The number of sulfonamides is 1. The van der Waals surface area contributed by atoms with Crippen LogP contribution in [0.1, 0.15) is 35.7 Å². The van der Waals surface area contributed by atoms with E-state index in [2.05, 4.69) is 36.8 Å². The number of likely N-dealkylation sites (N-methyl/N-ethyl adjacent to an activating group) is 1. The fraction of sp³-hybridized carbons (Fsp3) is 0.333. The Balaban J connectivity index is 1.47. The predicted octanol–water partition coefficient (Wildman–Crippen LogP) is 3.58. The van der Waals surface area contributed by atoms with Crippen molar-refractivity contribution in [3.05, 3.63) is 71.2 Å². The zero-order chi connectivity index (χ0) is 28.4. The summed E-state index contributed by atoms with van der Waals surface area (Å²) in [4.78, 5) is 34.1. The Morgan fingerprint density at radius 3 is 2.65 bits per heavy atom. The monoisotopic (exact) mass is 566 g/mol. The Hall–Kier alpha value is -3.94. The molecule has 0 bridgehead atoms. The van der Waals surface area contributed by atoms with Gasteiger partial charge in [-0.25, -0.2) is 27.8 Å². The van der Waals surface area contributed by atoms with Crippen LogP contribution < -0.4 is 9.37 Å². The number of hydrogen-bond acceptors (Lipinski definition) is 9. The molecule has 4 aromatic rings. The summed E-state index contributed by atoms with van der Waals surface area (Å²) in [5.41, 5.74) is 0.642. The quantitative estimate of drug-likeness (QED) is 0.238. The molecule has 1 aromatic carbocycles. The van der Waals surface area contributed by atoms with Crippen LogP contribution in [-0.4, -0.2) is 78.0 Å². The van der Waals surface area contributed by atoms with Gasteiger partial charge in [0.1, 0.15) is 17.8 Å². The summed E-state index contributed by atoms with van der Waals surface area (Å²) in [7, 11) is -2.21. The molecule has 13 heteroatoms. The first-order valence-corrected chi connectivity index (χ1v) is 14.6. The third-order valence-corrected chi connectivity index (χ3v) is 8.49. The van der Waals surface area contributed by atoms with Crippen molar-refractivity contribution in [1.29, 1.82) is 0 Å². The molecular formula is C27H29FN7O4S-. The largest absolute Gasteiger partial charge is 0.744 e. The lowest BCUT2D eigenvalue weighted by Crippen LogP contribution is -2.44. The molecule has 0 atom stereocenters. The van der Waals surface area contributed by atoms with Crippen molar-refractivity contribution < 1.29 is 17.6 Å². The van der Waals surface area contributed by atoms with Gasteiger partial charge in [0.25, 0.3) is 0 Å². The molecule has 4 heterocycles. The van der Waals surface area contributed by atoms with Crippen molar-refractivity contribution >= 4 is 38.3 Å². The van der Waals surface area contributed by atoms with Gasteiger partial charge in [0.15, 0.2) is 11.6 Å². The van der Waals surface area contributed by atoms with E-state index in [4.69, 9.17) is 0 Å². The van der Waals surface area contributed by atoms with Crippen LogP contribution in [0, 0.1) is 11.0 Å². The number of unbranched alkanes of at least 4 members (excludes halogenated alkanes) is 1. The van der Waals surface area contributed by atoms with Gasteiger partial charge in [-0.05, 0) is 31.7 Å². The highest BCUT2D eigenvalue weighted by atomic mass is 32.2. The van der Waals surface area contributed by atoms with Crippen molar-refractivity contribution in [3.8, 4) is 11.3 Å². The molecule has 40 heavy (non-hydrogen) atoms. The molecule has 1 N–H and O–H groups in total. The molecule has 0 radical (unpaired) electrons. The SMILES string of the molecule is CCCCS(=O)(=O)N([O-])c1cccc(C(=O)c2c[nH]c3ncc(-c4cc(N5CCN(C)CC5)ncn4)cc23)c1F. The molecule has 11 nitrogen and oxygen atoms in total. The highest BCUT2D eigenvalue weighted by Gasteiger charge is 2.24. The third-order valence-electron chi connectivity index (χ3n) is 6.98. The van der Waals surface area contributed by atoms with Crippen LogP contribution in [0.3, 0.4) is 0 Å².